The molecule has 0 unspecified atom stereocenters. The molecule has 17 heavy (non-hydrogen) atoms. The van der Waals surface area contributed by atoms with E-state index >= 15 is 0 Å². The molecule has 96 valence electrons. The lowest BCUT2D eigenvalue weighted by atomic mass is 9.98. The summed E-state index contributed by atoms with van der Waals surface area (Å²) in [7, 11) is 1.72. The fraction of sp³-hybridized carbons (Fsp3) is 0.600. The largest absolute Gasteiger partial charge is 0.394 e. The zero-order valence-electron chi connectivity index (χ0n) is 10.1. The van der Waals surface area contributed by atoms with Crippen molar-refractivity contribution in [3.63, 3.8) is 0 Å². The van der Waals surface area contributed by atoms with E-state index in [1.807, 2.05) is 6.92 Å². The minimum atomic E-state index is -0.800. The van der Waals surface area contributed by atoms with Crippen LogP contribution in [0.3, 0.4) is 0 Å². The summed E-state index contributed by atoms with van der Waals surface area (Å²) >= 11 is 0. The maximum absolute atomic E-state index is 9.32. The molecule has 0 aliphatic rings. The highest BCUT2D eigenvalue weighted by molar-refractivity contribution is 5.52. The first-order chi connectivity index (χ1) is 8.09. The molecule has 1 aromatic heterocycles. The summed E-state index contributed by atoms with van der Waals surface area (Å²) in [6, 6.07) is 1.66. The van der Waals surface area contributed by atoms with Crippen molar-refractivity contribution in [3.05, 3.63) is 6.07 Å². The van der Waals surface area contributed by atoms with Crippen LogP contribution >= 0.6 is 0 Å². The SMILES string of the molecule is CCC(CO)(CO)Nc1cc(NC)nc(N)n1. The highest BCUT2D eigenvalue weighted by Gasteiger charge is 2.26. The zero-order chi connectivity index (χ0) is 12.9. The third-order valence-electron chi connectivity index (χ3n) is 2.67. The van der Waals surface area contributed by atoms with Gasteiger partial charge in [-0.1, -0.05) is 6.92 Å². The van der Waals surface area contributed by atoms with Gasteiger partial charge in [-0.2, -0.15) is 9.97 Å². The third-order valence-corrected chi connectivity index (χ3v) is 2.67. The van der Waals surface area contributed by atoms with Crippen molar-refractivity contribution in [2.24, 2.45) is 0 Å². The first kappa shape index (κ1) is 13.5. The third kappa shape index (κ3) is 3.18. The number of nitrogen functional groups attached to an aromatic ring is 1. The van der Waals surface area contributed by atoms with Crippen LogP contribution in [0.1, 0.15) is 13.3 Å². The summed E-state index contributed by atoms with van der Waals surface area (Å²) < 4.78 is 0. The molecule has 7 heteroatoms. The Morgan fingerprint density at radius 1 is 1.29 bits per heavy atom. The number of aromatic nitrogens is 2. The van der Waals surface area contributed by atoms with Crippen molar-refractivity contribution in [3.8, 4) is 0 Å². The maximum atomic E-state index is 9.32. The standard InChI is InChI=1S/C10H19N5O2/c1-3-10(5-16,6-17)15-8-4-7(12-2)13-9(11)14-8/h4,16-17H,3,5-6H2,1-2H3,(H4,11,12,13,14,15). The van der Waals surface area contributed by atoms with E-state index in [-0.39, 0.29) is 19.2 Å². The van der Waals surface area contributed by atoms with Crippen LogP contribution in [-0.4, -0.2) is 46.0 Å². The Morgan fingerprint density at radius 3 is 2.35 bits per heavy atom. The van der Waals surface area contributed by atoms with Gasteiger partial charge in [0.2, 0.25) is 5.95 Å². The van der Waals surface area contributed by atoms with E-state index in [1.165, 1.54) is 0 Å². The predicted molar refractivity (Wildman–Crippen MR) is 66.8 cm³/mol. The second-order valence-corrected chi connectivity index (χ2v) is 3.82. The van der Waals surface area contributed by atoms with Gasteiger partial charge in [0.1, 0.15) is 11.6 Å². The lowest BCUT2D eigenvalue weighted by Gasteiger charge is -2.30. The molecule has 0 fully saturated rings. The minimum Gasteiger partial charge on any atom is -0.394 e. The van der Waals surface area contributed by atoms with Crippen molar-refractivity contribution >= 4 is 17.6 Å². The maximum Gasteiger partial charge on any atom is 0.223 e. The topological polar surface area (TPSA) is 116 Å². The van der Waals surface area contributed by atoms with Crippen molar-refractivity contribution in [1.29, 1.82) is 0 Å². The Kier molecular flexibility index (Phi) is 4.47. The van der Waals surface area contributed by atoms with E-state index in [0.717, 1.165) is 0 Å². The second-order valence-electron chi connectivity index (χ2n) is 3.82. The lowest BCUT2D eigenvalue weighted by Crippen LogP contribution is -2.45. The normalized spacial score (nSPS) is 11.3. The lowest BCUT2D eigenvalue weighted by molar-refractivity contribution is 0.132. The summed E-state index contributed by atoms with van der Waals surface area (Å²) in [5.41, 5.74) is 4.75. The molecule has 1 aromatic rings. The number of nitrogens with one attached hydrogen (secondary N) is 2. The van der Waals surface area contributed by atoms with Gasteiger partial charge in [0.25, 0.3) is 0 Å². The van der Waals surface area contributed by atoms with Gasteiger partial charge in [-0.3, -0.25) is 0 Å². The Balaban J connectivity index is 2.96. The first-order valence-corrected chi connectivity index (χ1v) is 5.41. The molecule has 0 radical (unpaired) electrons. The molecule has 6 N–H and O–H groups in total. The summed E-state index contributed by atoms with van der Waals surface area (Å²) in [6.45, 7) is 1.47. The van der Waals surface area contributed by atoms with E-state index < -0.39 is 5.54 Å². The van der Waals surface area contributed by atoms with E-state index in [2.05, 4.69) is 20.6 Å². The Morgan fingerprint density at radius 2 is 1.88 bits per heavy atom. The van der Waals surface area contributed by atoms with Gasteiger partial charge in [0.15, 0.2) is 0 Å². The van der Waals surface area contributed by atoms with Crippen LogP contribution in [0.25, 0.3) is 0 Å². The highest BCUT2D eigenvalue weighted by atomic mass is 16.3. The molecule has 1 heterocycles. The monoisotopic (exact) mass is 241 g/mol. The van der Waals surface area contributed by atoms with Crippen LogP contribution in [-0.2, 0) is 0 Å². The first-order valence-electron chi connectivity index (χ1n) is 5.41. The number of hydrogen-bond donors (Lipinski definition) is 5. The van der Waals surface area contributed by atoms with E-state index in [1.54, 1.807) is 13.1 Å². The number of nitrogens with zero attached hydrogens (tertiary/aromatic N) is 2. The van der Waals surface area contributed by atoms with Crippen LogP contribution in [0.4, 0.5) is 17.6 Å². The summed E-state index contributed by atoms with van der Waals surface area (Å²) in [5.74, 6) is 1.16. The molecule has 0 atom stereocenters. The van der Waals surface area contributed by atoms with Crippen LogP contribution in [0, 0.1) is 0 Å². The van der Waals surface area contributed by atoms with Gasteiger partial charge < -0.3 is 26.6 Å². The van der Waals surface area contributed by atoms with Crippen LogP contribution in [0.5, 0.6) is 0 Å². The molecule has 0 aliphatic heterocycles. The molecule has 0 spiro atoms. The molecule has 0 bridgehead atoms. The fourth-order valence-corrected chi connectivity index (χ4v) is 1.37. The van der Waals surface area contributed by atoms with Gasteiger partial charge in [-0.25, -0.2) is 0 Å². The van der Waals surface area contributed by atoms with Gasteiger partial charge in [0, 0.05) is 13.1 Å². The molecule has 0 saturated heterocycles. The molecule has 7 nitrogen and oxygen atoms in total. The summed E-state index contributed by atoms with van der Waals surface area (Å²) in [4.78, 5) is 7.95. The molecular weight excluding hydrogens is 222 g/mol. The fourth-order valence-electron chi connectivity index (χ4n) is 1.37. The average molecular weight is 241 g/mol. The number of rotatable bonds is 6. The zero-order valence-corrected chi connectivity index (χ0v) is 10.1. The number of aliphatic hydroxyl groups excluding tert-OH is 2. The van der Waals surface area contributed by atoms with E-state index in [9.17, 15) is 10.2 Å². The molecule has 0 amide bonds. The van der Waals surface area contributed by atoms with Gasteiger partial charge in [-0.15, -0.1) is 0 Å². The molecule has 0 aliphatic carbocycles. The quantitative estimate of drug-likeness (QED) is 0.462. The smallest absolute Gasteiger partial charge is 0.223 e. The molecule has 0 aromatic carbocycles. The predicted octanol–water partition coefficient (Wildman–Crippen LogP) is -0.354. The minimum absolute atomic E-state index is 0.125. The number of nitrogens with two attached hydrogens (primary N) is 1. The summed E-state index contributed by atoms with van der Waals surface area (Å²) in [5, 5.41) is 24.5. The highest BCUT2D eigenvalue weighted by Crippen LogP contribution is 2.19. The van der Waals surface area contributed by atoms with Crippen molar-refractivity contribution in [2.45, 2.75) is 18.9 Å². The van der Waals surface area contributed by atoms with Crippen LogP contribution in [0.15, 0.2) is 6.07 Å². The number of anilines is 3. The Labute approximate surface area is 100 Å². The number of hydrogen-bond acceptors (Lipinski definition) is 7. The number of aliphatic hydroxyl groups is 2. The average Bonchev–Trinajstić information content (AvgIpc) is 2.35. The van der Waals surface area contributed by atoms with Crippen molar-refractivity contribution < 1.29 is 10.2 Å². The molecular formula is C10H19N5O2. The van der Waals surface area contributed by atoms with Crippen LogP contribution < -0.4 is 16.4 Å². The molecule has 0 saturated carbocycles. The van der Waals surface area contributed by atoms with E-state index in [4.69, 9.17) is 5.73 Å². The Hall–Kier alpha value is -1.60. The van der Waals surface area contributed by atoms with Crippen molar-refractivity contribution in [1.82, 2.24) is 9.97 Å². The van der Waals surface area contributed by atoms with E-state index in [0.29, 0.717) is 18.1 Å². The van der Waals surface area contributed by atoms with Gasteiger partial charge in [-0.05, 0) is 6.42 Å². The summed E-state index contributed by atoms with van der Waals surface area (Å²) in [6.07, 6.45) is 0.554. The van der Waals surface area contributed by atoms with Crippen LogP contribution in [0.2, 0.25) is 0 Å². The second kappa shape index (κ2) is 5.65. The molecule has 1 rings (SSSR count). The van der Waals surface area contributed by atoms with Gasteiger partial charge in [0.05, 0.1) is 18.8 Å². The Bertz CT molecular complexity index is 359. The van der Waals surface area contributed by atoms with Crippen molar-refractivity contribution in [2.75, 3.05) is 36.6 Å². The van der Waals surface area contributed by atoms with Gasteiger partial charge >= 0.3 is 0 Å².